The van der Waals surface area contributed by atoms with Crippen LogP contribution in [-0.4, -0.2) is 19.2 Å². The molecule has 0 aromatic heterocycles. The Kier molecular flexibility index (Phi) is 3.15. The van der Waals surface area contributed by atoms with E-state index in [9.17, 15) is 0 Å². The van der Waals surface area contributed by atoms with Gasteiger partial charge in [-0.1, -0.05) is 31.2 Å². The van der Waals surface area contributed by atoms with Gasteiger partial charge in [-0.05, 0) is 24.6 Å². The van der Waals surface area contributed by atoms with E-state index in [0.29, 0.717) is 13.2 Å². The van der Waals surface area contributed by atoms with Crippen LogP contribution >= 0.6 is 0 Å². The molecule has 0 saturated carbocycles. The minimum atomic E-state index is -0.710. The highest BCUT2D eigenvalue weighted by Crippen LogP contribution is 2.53. The quantitative estimate of drug-likeness (QED) is 0.945. The third-order valence-electron chi connectivity index (χ3n) is 4.15. The van der Waals surface area contributed by atoms with Gasteiger partial charge in [0.25, 0.3) is 6.02 Å². The predicted molar refractivity (Wildman–Crippen MR) is 87.1 cm³/mol. The van der Waals surface area contributed by atoms with Crippen molar-refractivity contribution in [3.63, 3.8) is 0 Å². The first-order chi connectivity index (χ1) is 11.2. The van der Waals surface area contributed by atoms with E-state index in [4.69, 9.17) is 19.9 Å². The summed E-state index contributed by atoms with van der Waals surface area (Å²) in [5, 5.41) is 0. The number of aliphatic imine (C=N–C) groups is 1. The third kappa shape index (κ3) is 2.04. The molecule has 2 heterocycles. The summed E-state index contributed by atoms with van der Waals surface area (Å²) in [6.45, 7) is 3.05. The van der Waals surface area contributed by atoms with E-state index in [1.165, 1.54) is 0 Å². The molecular weight excluding hydrogens is 292 g/mol. The highest BCUT2D eigenvalue weighted by Gasteiger charge is 2.48. The fourth-order valence-electron chi connectivity index (χ4n) is 3.18. The Bertz CT molecular complexity index is 788. The molecule has 0 radical (unpaired) electrons. The molecule has 0 amide bonds. The van der Waals surface area contributed by atoms with Crippen molar-refractivity contribution >= 4 is 6.02 Å². The Morgan fingerprint density at radius 2 is 2.00 bits per heavy atom. The van der Waals surface area contributed by atoms with Crippen molar-refractivity contribution in [1.82, 2.24) is 0 Å². The van der Waals surface area contributed by atoms with Crippen LogP contribution in [0.25, 0.3) is 0 Å². The van der Waals surface area contributed by atoms with E-state index in [0.717, 1.165) is 34.8 Å². The lowest BCUT2D eigenvalue weighted by Crippen LogP contribution is -2.31. The summed E-state index contributed by atoms with van der Waals surface area (Å²) >= 11 is 0. The molecule has 5 nitrogen and oxygen atoms in total. The average Bonchev–Trinajstić information content (AvgIpc) is 2.95. The maximum Gasteiger partial charge on any atom is 0.283 e. The largest absolute Gasteiger partial charge is 0.493 e. The molecule has 4 rings (SSSR count). The fourth-order valence-corrected chi connectivity index (χ4v) is 3.18. The van der Waals surface area contributed by atoms with Crippen molar-refractivity contribution in [3.8, 4) is 17.2 Å². The summed E-state index contributed by atoms with van der Waals surface area (Å²) in [5.74, 6) is 2.27. The minimum Gasteiger partial charge on any atom is -0.493 e. The maximum absolute atomic E-state index is 6.07. The second kappa shape index (κ2) is 5.19. The van der Waals surface area contributed by atoms with E-state index in [2.05, 4.69) is 11.9 Å². The van der Waals surface area contributed by atoms with E-state index in [1.54, 1.807) is 0 Å². The van der Waals surface area contributed by atoms with Crippen molar-refractivity contribution < 1.29 is 14.2 Å². The second-order valence-corrected chi connectivity index (χ2v) is 5.67. The van der Waals surface area contributed by atoms with E-state index >= 15 is 0 Å². The van der Waals surface area contributed by atoms with Gasteiger partial charge in [-0.15, -0.1) is 0 Å². The van der Waals surface area contributed by atoms with Crippen molar-refractivity contribution in [2.24, 2.45) is 10.7 Å². The fraction of sp³-hybridized carbons (Fsp3) is 0.278. The molecule has 2 N–H and O–H groups in total. The molecule has 2 aliphatic heterocycles. The standard InChI is InChI=1S/C18H18N2O3/c1-2-10-21-14-8-5-9-15-16(14)18(11-22-17(19)20-18)12-6-3-4-7-13(12)23-15/h3-9H,2,10-11H2,1H3,(H2,19,20). The Balaban J connectivity index is 1.96. The molecule has 1 atom stereocenters. The first-order valence-electron chi connectivity index (χ1n) is 7.76. The van der Waals surface area contributed by atoms with Gasteiger partial charge in [0.05, 0.1) is 12.2 Å². The zero-order valence-electron chi connectivity index (χ0n) is 12.9. The Morgan fingerprint density at radius 3 is 2.78 bits per heavy atom. The highest BCUT2D eigenvalue weighted by molar-refractivity contribution is 5.77. The van der Waals surface area contributed by atoms with Crippen LogP contribution in [0.4, 0.5) is 0 Å². The number of hydrogen-bond acceptors (Lipinski definition) is 5. The summed E-state index contributed by atoms with van der Waals surface area (Å²) in [6, 6.07) is 13.8. The van der Waals surface area contributed by atoms with Crippen LogP contribution in [0.3, 0.4) is 0 Å². The lowest BCUT2D eigenvalue weighted by molar-refractivity contribution is 0.251. The van der Waals surface area contributed by atoms with Crippen LogP contribution in [0.2, 0.25) is 0 Å². The van der Waals surface area contributed by atoms with Gasteiger partial charge in [-0.2, -0.15) is 0 Å². The summed E-state index contributed by atoms with van der Waals surface area (Å²) in [4.78, 5) is 4.64. The molecule has 118 valence electrons. The Hall–Kier alpha value is -2.69. The number of amidine groups is 1. The number of fused-ring (bicyclic) bond motifs is 4. The normalized spacial score (nSPS) is 21.0. The molecule has 2 aromatic rings. The lowest BCUT2D eigenvalue weighted by atomic mass is 9.81. The number of rotatable bonds is 3. The number of nitrogens with two attached hydrogens (primary N) is 1. The molecule has 1 unspecified atom stereocenters. The molecule has 0 fully saturated rings. The van der Waals surface area contributed by atoms with Gasteiger partial charge in [-0.3, -0.25) is 0 Å². The SMILES string of the molecule is CCCOc1cccc2c1C1(COC(N)=N1)c1ccccc1O2. The van der Waals surface area contributed by atoms with Gasteiger partial charge in [0.2, 0.25) is 0 Å². The smallest absolute Gasteiger partial charge is 0.283 e. The topological polar surface area (TPSA) is 66.1 Å². The van der Waals surface area contributed by atoms with Gasteiger partial charge in [0, 0.05) is 5.56 Å². The van der Waals surface area contributed by atoms with Gasteiger partial charge >= 0.3 is 0 Å². The number of benzene rings is 2. The highest BCUT2D eigenvalue weighted by atomic mass is 16.5. The first-order valence-corrected chi connectivity index (χ1v) is 7.76. The number of para-hydroxylation sites is 1. The summed E-state index contributed by atoms with van der Waals surface area (Å²) in [7, 11) is 0. The van der Waals surface area contributed by atoms with Crippen molar-refractivity contribution in [3.05, 3.63) is 53.6 Å². The number of ether oxygens (including phenoxy) is 3. The van der Waals surface area contributed by atoms with Gasteiger partial charge in [0.15, 0.2) is 5.54 Å². The monoisotopic (exact) mass is 310 g/mol. The number of hydrogen-bond donors (Lipinski definition) is 1. The molecule has 0 aliphatic carbocycles. The van der Waals surface area contributed by atoms with Gasteiger partial charge in [-0.25, -0.2) is 4.99 Å². The van der Waals surface area contributed by atoms with Crippen LogP contribution in [-0.2, 0) is 10.3 Å². The van der Waals surface area contributed by atoms with Crippen LogP contribution in [0.5, 0.6) is 17.2 Å². The summed E-state index contributed by atoms with van der Waals surface area (Å²) in [5.41, 5.74) is 6.97. The number of nitrogens with zero attached hydrogens (tertiary/aromatic N) is 1. The summed E-state index contributed by atoms with van der Waals surface area (Å²) < 4.78 is 17.6. The molecular formula is C18H18N2O3. The zero-order valence-corrected chi connectivity index (χ0v) is 12.9. The predicted octanol–water partition coefficient (Wildman–Crippen LogP) is 3.17. The van der Waals surface area contributed by atoms with Crippen LogP contribution < -0.4 is 15.2 Å². The van der Waals surface area contributed by atoms with Crippen LogP contribution in [0.1, 0.15) is 24.5 Å². The molecule has 2 aliphatic rings. The lowest BCUT2D eigenvalue weighted by Gasteiger charge is -2.34. The molecule has 0 bridgehead atoms. The van der Waals surface area contributed by atoms with E-state index in [1.807, 2.05) is 42.5 Å². The zero-order chi connectivity index (χ0) is 15.9. The molecule has 0 saturated heterocycles. The van der Waals surface area contributed by atoms with Crippen LogP contribution in [0.15, 0.2) is 47.5 Å². The van der Waals surface area contributed by atoms with Crippen molar-refractivity contribution in [1.29, 1.82) is 0 Å². The molecule has 2 aromatic carbocycles. The molecule has 1 spiro atoms. The molecule has 5 heteroatoms. The van der Waals surface area contributed by atoms with Gasteiger partial charge in [0.1, 0.15) is 23.9 Å². The van der Waals surface area contributed by atoms with Crippen molar-refractivity contribution in [2.75, 3.05) is 13.2 Å². The Labute approximate surface area is 134 Å². The van der Waals surface area contributed by atoms with E-state index in [-0.39, 0.29) is 6.02 Å². The first kappa shape index (κ1) is 13.9. The maximum atomic E-state index is 6.07. The second-order valence-electron chi connectivity index (χ2n) is 5.67. The van der Waals surface area contributed by atoms with Gasteiger partial charge < -0.3 is 19.9 Å². The van der Waals surface area contributed by atoms with Crippen LogP contribution in [0, 0.1) is 0 Å². The summed E-state index contributed by atoms with van der Waals surface area (Å²) in [6.07, 6.45) is 0.927. The minimum absolute atomic E-state index is 0.193. The van der Waals surface area contributed by atoms with E-state index < -0.39 is 5.54 Å². The molecule has 23 heavy (non-hydrogen) atoms. The third-order valence-corrected chi connectivity index (χ3v) is 4.15. The average molecular weight is 310 g/mol. The Morgan fingerprint density at radius 1 is 1.17 bits per heavy atom. The van der Waals surface area contributed by atoms with Crippen molar-refractivity contribution in [2.45, 2.75) is 18.9 Å².